The molecule has 0 radical (unpaired) electrons. The molecule has 0 saturated carbocycles. The first-order valence-electron chi connectivity index (χ1n) is 28.8. The van der Waals surface area contributed by atoms with Gasteiger partial charge in [-0.2, -0.15) is 0 Å². The van der Waals surface area contributed by atoms with E-state index in [0.717, 1.165) is 6.42 Å². The number of hydrogen-bond acceptors (Lipinski definition) is 2. The van der Waals surface area contributed by atoms with Gasteiger partial charge in [-0.25, -0.2) is 0 Å². The molecule has 2 aliphatic heterocycles. The van der Waals surface area contributed by atoms with Gasteiger partial charge >= 0.3 is 6.85 Å². The summed E-state index contributed by atoms with van der Waals surface area (Å²) in [7, 11) is 0. The van der Waals surface area contributed by atoms with Crippen LogP contribution in [0, 0.1) is 6.92 Å². The van der Waals surface area contributed by atoms with Gasteiger partial charge in [-0.15, -0.1) is 0 Å². The number of benzene rings is 10. The standard InChI is InChI=1S/C76H69BN2/c1-49-42-62-63(74(4,5)41-40-73(62,2)3)47-67(49)78-69-44-55(71(53-28-18-12-19-29-53)54-30-20-13-21-31-54)36-39-66(69)77-72-59(43-56(45-70(72)78)51-26-16-11-17-27-51)58-46-64-65(76(8,9)61-33-23-22-32-60(61)75(64,6)7)48-68(58)79(77)57-37-34-52(35-38-57)50-24-14-10-15-25-50/h10-39,42-48,71H,40-41H2,1-9H3. The Balaban J connectivity index is 1.12. The summed E-state index contributed by atoms with van der Waals surface area (Å²) in [5, 5.41) is 0. The van der Waals surface area contributed by atoms with E-state index in [0.29, 0.717) is 0 Å². The molecule has 3 heteroatoms. The van der Waals surface area contributed by atoms with Crippen LogP contribution in [0.4, 0.5) is 28.4 Å². The van der Waals surface area contributed by atoms with E-state index in [-0.39, 0.29) is 34.4 Å². The van der Waals surface area contributed by atoms with Gasteiger partial charge in [-0.05, 0) is 174 Å². The van der Waals surface area contributed by atoms with Crippen molar-refractivity contribution >= 4 is 46.2 Å². The summed E-state index contributed by atoms with van der Waals surface area (Å²) in [5.41, 5.74) is 29.4. The number of nitrogens with zero attached hydrogens (tertiary/aromatic N) is 2. The molecule has 10 aromatic carbocycles. The molecule has 4 aliphatic rings. The molecule has 0 unspecified atom stereocenters. The number of hydrogen-bond donors (Lipinski definition) is 0. The number of anilines is 5. The van der Waals surface area contributed by atoms with E-state index in [4.69, 9.17) is 0 Å². The third-order valence-corrected chi connectivity index (χ3v) is 19.2. The van der Waals surface area contributed by atoms with Gasteiger partial charge in [0, 0.05) is 50.7 Å². The van der Waals surface area contributed by atoms with Crippen LogP contribution in [-0.4, -0.2) is 6.85 Å². The maximum atomic E-state index is 2.73. The highest BCUT2D eigenvalue weighted by atomic mass is 15.2. The largest absolute Gasteiger partial charge is 0.376 e. The Hall–Kier alpha value is -8.14. The third kappa shape index (κ3) is 7.67. The molecule has 10 aromatic rings. The predicted octanol–water partition coefficient (Wildman–Crippen LogP) is 18.5. The van der Waals surface area contributed by atoms with Gasteiger partial charge in [0.1, 0.15) is 0 Å². The minimum Gasteiger partial charge on any atom is -0.376 e. The average Bonchev–Trinajstić information content (AvgIpc) is 1.72. The van der Waals surface area contributed by atoms with Gasteiger partial charge in [-0.3, -0.25) is 0 Å². The van der Waals surface area contributed by atoms with E-state index < -0.39 is 0 Å². The predicted molar refractivity (Wildman–Crippen MR) is 336 cm³/mol. The van der Waals surface area contributed by atoms with E-state index in [9.17, 15) is 0 Å². The topological polar surface area (TPSA) is 6.48 Å². The van der Waals surface area contributed by atoms with E-state index in [1.165, 1.54) is 135 Å². The molecule has 2 heterocycles. The minimum absolute atomic E-state index is 0.00722. The van der Waals surface area contributed by atoms with Crippen LogP contribution in [0.5, 0.6) is 0 Å². The molecular weight excluding hydrogens is 952 g/mol. The van der Waals surface area contributed by atoms with E-state index in [1.807, 2.05) is 0 Å². The molecule has 0 aromatic heterocycles. The Labute approximate surface area is 469 Å². The van der Waals surface area contributed by atoms with Crippen molar-refractivity contribution in [2.45, 2.75) is 103 Å². The van der Waals surface area contributed by atoms with E-state index in [1.54, 1.807) is 0 Å². The first-order valence-corrected chi connectivity index (χ1v) is 28.8. The second kappa shape index (κ2) is 17.9. The lowest BCUT2D eigenvalue weighted by molar-refractivity contribution is 0.332. The first-order chi connectivity index (χ1) is 38.1. The summed E-state index contributed by atoms with van der Waals surface area (Å²) in [4.78, 5) is 5.44. The molecular formula is C76H69BN2. The summed E-state index contributed by atoms with van der Waals surface area (Å²) in [6.07, 6.45) is 2.31. The average molecular weight is 1020 g/mol. The van der Waals surface area contributed by atoms with Gasteiger partial charge in [0.15, 0.2) is 0 Å². The van der Waals surface area contributed by atoms with Crippen LogP contribution in [-0.2, 0) is 21.7 Å². The molecule has 0 fully saturated rings. The van der Waals surface area contributed by atoms with Crippen molar-refractivity contribution in [3.63, 3.8) is 0 Å². The van der Waals surface area contributed by atoms with E-state index in [2.05, 4.69) is 296 Å². The van der Waals surface area contributed by atoms with Crippen molar-refractivity contribution in [1.29, 1.82) is 0 Å². The molecule has 0 saturated heterocycles. The zero-order valence-corrected chi connectivity index (χ0v) is 47.3. The molecule has 0 N–H and O–H groups in total. The summed E-state index contributed by atoms with van der Waals surface area (Å²) in [6, 6.07) is 85.9. The van der Waals surface area contributed by atoms with Crippen LogP contribution in [0.3, 0.4) is 0 Å². The number of aryl methyl sites for hydroxylation is 1. The second-order valence-electron chi connectivity index (χ2n) is 25.6. The van der Waals surface area contributed by atoms with Gasteiger partial charge in [0.25, 0.3) is 0 Å². The highest BCUT2D eigenvalue weighted by Gasteiger charge is 2.49. The van der Waals surface area contributed by atoms with Gasteiger partial charge in [0.2, 0.25) is 0 Å². The van der Waals surface area contributed by atoms with Crippen LogP contribution >= 0.6 is 0 Å². The highest BCUT2D eigenvalue weighted by Crippen LogP contribution is 2.57. The first kappa shape index (κ1) is 49.2. The Kier molecular flexibility index (Phi) is 11.2. The molecule has 0 amide bonds. The Morgan fingerprint density at radius 2 is 0.861 bits per heavy atom. The lowest BCUT2D eigenvalue weighted by Crippen LogP contribution is -2.61. The maximum absolute atomic E-state index is 2.73. The zero-order chi connectivity index (χ0) is 54.2. The van der Waals surface area contributed by atoms with Crippen molar-refractivity contribution in [3.05, 3.63) is 280 Å². The number of rotatable bonds is 7. The number of fused-ring (bicyclic) bond motifs is 7. The Bertz CT molecular complexity index is 3980. The summed E-state index contributed by atoms with van der Waals surface area (Å²) in [5.74, 6) is 0.0141. The monoisotopic (exact) mass is 1020 g/mol. The Morgan fingerprint density at radius 1 is 0.367 bits per heavy atom. The molecule has 2 aliphatic carbocycles. The van der Waals surface area contributed by atoms with E-state index >= 15 is 0 Å². The van der Waals surface area contributed by atoms with Crippen LogP contribution in [0.25, 0.3) is 33.4 Å². The summed E-state index contributed by atoms with van der Waals surface area (Å²) < 4.78 is 0. The van der Waals surface area contributed by atoms with Crippen LogP contribution in [0.2, 0.25) is 0 Å². The second-order valence-corrected chi connectivity index (χ2v) is 25.6. The molecule has 386 valence electrons. The fourth-order valence-corrected chi connectivity index (χ4v) is 14.7. The molecule has 0 bridgehead atoms. The van der Waals surface area contributed by atoms with Crippen LogP contribution in [0.1, 0.15) is 130 Å². The van der Waals surface area contributed by atoms with Crippen molar-refractivity contribution < 1.29 is 0 Å². The van der Waals surface area contributed by atoms with Crippen LogP contribution < -0.4 is 20.6 Å². The zero-order valence-electron chi connectivity index (χ0n) is 47.3. The van der Waals surface area contributed by atoms with Gasteiger partial charge < -0.3 is 9.71 Å². The lowest BCUT2D eigenvalue weighted by Gasteiger charge is -2.49. The fourth-order valence-electron chi connectivity index (χ4n) is 14.7. The van der Waals surface area contributed by atoms with Gasteiger partial charge in [0.05, 0.1) is 0 Å². The van der Waals surface area contributed by atoms with Crippen molar-refractivity contribution in [3.8, 4) is 33.4 Å². The van der Waals surface area contributed by atoms with Crippen molar-refractivity contribution in [2.75, 3.05) is 9.71 Å². The normalized spacial score (nSPS) is 16.5. The molecule has 0 spiro atoms. The molecule has 79 heavy (non-hydrogen) atoms. The molecule has 14 rings (SSSR count). The quantitative estimate of drug-likeness (QED) is 0.116. The lowest BCUT2D eigenvalue weighted by atomic mass is 9.43. The summed E-state index contributed by atoms with van der Waals surface area (Å²) >= 11 is 0. The fraction of sp³-hybridized carbons (Fsp3) is 0.211. The molecule has 2 nitrogen and oxygen atoms in total. The van der Waals surface area contributed by atoms with Crippen LogP contribution in [0.15, 0.2) is 224 Å². The minimum atomic E-state index is -0.247. The third-order valence-electron chi connectivity index (χ3n) is 19.2. The Morgan fingerprint density at radius 3 is 1.44 bits per heavy atom. The SMILES string of the molecule is Cc1cc2c(cc1N1c3cc(C(c4ccccc4)c4ccccc4)ccc3B3c4c(cc(-c5ccccc5)cc41)-c1cc4c(cc1N3c1ccc(-c3ccccc3)cc1)C(C)(C)c1ccccc1C4(C)C)C(C)(C)CCC2(C)C. The maximum Gasteiger partial charge on any atom is 0.333 e. The highest BCUT2D eigenvalue weighted by molar-refractivity contribution is 6.93. The summed E-state index contributed by atoms with van der Waals surface area (Å²) in [6.45, 7) is 21.8. The molecule has 0 atom stereocenters. The van der Waals surface area contributed by atoms with Crippen molar-refractivity contribution in [1.82, 2.24) is 0 Å². The van der Waals surface area contributed by atoms with Gasteiger partial charge in [-0.1, -0.05) is 231 Å². The smallest absolute Gasteiger partial charge is 0.333 e. The van der Waals surface area contributed by atoms with Crippen molar-refractivity contribution in [2.24, 2.45) is 0 Å².